The molecule has 0 radical (unpaired) electrons. The highest BCUT2D eigenvalue weighted by Crippen LogP contribution is 2.33. The van der Waals surface area contributed by atoms with E-state index in [9.17, 15) is 18.4 Å². The molecule has 2 fully saturated rings. The van der Waals surface area contributed by atoms with Crippen molar-refractivity contribution in [2.75, 3.05) is 36.4 Å². The number of nitrogens with zero attached hydrogens (tertiary/aromatic N) is 4. The van der Waals surface area contributed by atoms with E-state index in [-0.39, 0.29) is 29.3 Å². The lowest BCUT2D eigenvalue weighted by atomic mass is 10.0. The summed E-state index contributed by atoms with van der Waals surface area (Å²) in [6, 6.07) is 2.77. The van der Waals surface area contributed by atoms with Gasteiger partial charge in [-0.15, -0.1) is 0 Å². The van der Waals surface area contributed by atoms with Gasteiger partial charge in [-0.05, 0) is 32.9 Å². The second-order valence-corrected chi connectivity index (χ2v) is 9.19. The van der Waals surface area contributed by atoms with Crippen LogP contribution < -0.4 is 10.2 Å². The minimum atomic E-state index is -0.788. The zero-order valence-electron chi connectivity index (χ0n) is 18.1. The van der Waals surface area contributed by atoms with E-state index in [0.29, 0.717) is 32.0 Å². The summed E-state index contributed by atoms with van der Waals surface area (Å²) in [5.41, 5.74) is -0.494. The molecule has 0 aliphatic carbocycles. The Labute approximate surface area is 184 Å². The smallest absolute Gasteiger partial charge is 0.410 e. The number of halogens is 2. The predicted molar refractivity (Wildman–Crippen MR) is 113 cm³/mol. The number of ether oxygens (including phenoxy) is 1. The average molecular weight is 445 g/mol. The maximum atomic E-state index is 13.4. The number of aromatic nitrogens is 2. The Balaban J connectivity index is 1.39. The zero-order chi connectivity index (χ0) is 23.0. The van der Waals surface area contributed by atoms with Crippen LogP contribution in [0.1, 0.15) is 31.3 Å². The van der Waals surface area contributed by atoms with E-state index in [1.807, 2.05) is 25.7 Å². The van der Waals surface area contributed by atoms with E-state index in [0.717, 1.165) is 18.2 Å². The zero-order valence-corrected chi connectivity index (χ0v) is 18.1. The van der Waals surface area contributed by atoms with Gasteiger partial charge < -0.3 is 19.9 Å². The van der Waals surface area contributed by atoms with Crippen molar-refractivity contribution in [3.05, 3.63) is 47.9 Å². The number of amides is 2. The summed E-state index contributed by atoms with van der Waals surface area (Å²) in [7, 11) is 0. The van der Waals surface area contributed by atoms with Crippen molar-refractivity contribution in [3.8, 4) is 0 Å². The molecule has 2 saturated heterocycles. The number of hydrogen-bond donors (Lipinski definition) is 1. The van der Waals surface area contributed by atoms with Crippen LogP contribution in [0.2, 0.25) is 0 Å². The Hall–Kier alpha value is -3.30. The summed E-state index contributed by atoms with van der Waals surface area (Å²) >= 11 is 0. The van der Waals surface area contributed by atoms with Crippen molar-refractivity contribution in [2.45, 2.75) is 26.4 Å². The van der Waals surface area contributed by atoms with Crippen molar-refractivity contribution in [1.29, 1.82) is 0 Å². The molecule has 1 N–H and O–H groups in total. The van der Waals surface area contributed by atoms with Crippen LogP contribution in [0.25, 0.3) is 0 Å². The third kappa shape index (κ3) is 4.95. The van der Waals surface area contributed by atoms with Crippen molar-refractivity contribution < 1.29 is 23.1 Å². The van der Waals surface area contributed by atoms with Crippen LogP contribution in [0.15, 0.2) is 30.6 Å². The van der Waals surface area contributed by atoms with Gasteiger partial charge in [-0.25, -0.2) is 18.6 Å². The van der Waals surface area contributed by atoms with Gasteiger partial charge in [0.1, 0.15) is 28.7 Å². The summed E-state index contributed by atoms with van der Waals surface area (Å²) in [6.45, 7) is 8.10. The highest BCUT2D eigenvalue weighted by molar-refractivity contribution is 6.02. The predicted octanol–water partition coefficient (Wildman–Crippen LogP) is 3.31. The van der Waals surface area contributed by atoms with Crippen molar-refractivity contribution in [3.63, 3.8) is 0 Å². The molecule has 0 bridgehead atoms. The second kappa shape index (κ2) is 8.33. The number of benzene rings is 1. The maximum Gasteiger partial charge on any atom is 0.410 e. The Bertz CT molecular complexity index is 1010. The molecule has 0 saturated carbocycles. The first-order valence-electron chi connectivity index (χ1n) is 10.4. The average Bonchev–Trinajstić information content (AvgIpc) is 3.25. The van der Waals surface area contributed by atoms with Crippen molar-refractivity contribution in [2.24, 2.45) is 11.8 Å². The van der Waals surface area contributed by atoms with Crippen LogP contribution in [0.5, 0.6) is 0 Å². The fraction of sp³-hybridized carbons (Fsp3) is 0.455. The Morgan fingerprint density at radius 3 is 2.25 bits per heavy atom. The van der Waals surface area contributed by atoms with Gasteiger partial charge in [0.2, 0.25) is 0 Å². The quantitative estimate of drug-likeness (QED) is 0.780. The van der Waals surface area contributed by atoms with Gasteiger partial charge in [0.05, 0.1) is 12.4 Å². The fourth-order valence-electron chi connectivity index (χ4n) is 4.09. The maximum absolute atomic E-state index is 13.4. The Morgan fingerprint density at radius 1 is 1.03 bits per heavy atom. The highest BCUT2D eigenvalue weighted by atomic mass is 19.1. The third-order valence-electron chi connectivity index (χ3n) is 5.44. The minimum absolute atomic E-state index is 0.00218. The van der Waals surface area contributed by atoms with E-state index < -0.39 is 23.1 Å². The van der Waals surface area contributed by atoms with E-state index in [4.69, 9.17) is 4.74 Å². The second-order valence-electron chi connectivity index (χ2n) is 9.19. The number of fused-ring (bicyclic) bond motifs is 1. The normalized spacial score (nSPS) is 20.3. The Morgan fingerprint density at radius 2 is 1.66 bits per heavy atom. The summed E-state index contributed by atoms with van der Waals surface area (Å²) in [4.78, 5) is 37.1. The highest BCUT2D eigenvalue weighted by Gasteiger charge is 2.43. The third-order valence-corrected chi connectivity index (χ3v) is 5.44. The minimum Gasteiger partial charge on any atom is -0.444 e. The molecule has 2 atom stereocenters. The molecule has 2 amide bonds. The van der Waals surface area contributed by atoms with Gasteiger partial charge in [0, 0.05) is 49.8 Å². The van der Waals surface area contributed by atoms with Crippen molar-refractivity contribution in [1.82, 2.24) is 14.9 Å². The molecule has 10 heteroatoms. The molecule has 3 heterocycles. The van der Waals surface area contributed by atoms with Gasteiger partial charge >= 0.3 is 6.09 Å². The van der Waals surface area contributed by atoms with Crippen molar-refractivity contribution >= 4 is 23.5 Å². The van der Waals surface area contributed by atoms with Gasteiger partial charge in [-0.3, -0.25) is 9.78 Å². The lowest BCUT2D eigenvalue weighted by Gasteiger charge is -2.26. The first-order chi connectivity index (χ1) is 15.1. The van der Waals surface area contributed by atoms with E-state index in [1.165, 1.54) is 6.20 Å². The summed E-state index contributed by atoms with van der Waals surface area (Å²) in [5.74, 6) is -1.09. The van der Waals surface area contributed by atoms with E-state index in [2.05, 4.69) is 15.3 Å². The van der Waals surface area contributed by atoms with Crippen LogP contribution in [-0.2, 0) is 4.74 Å². The molecule has 2 aliphatic heterocycles. The number of nitrogens with one attached hydrogen (secondary N) is 1. The van der Waals surface area contributed by atoms with Gasteiger partial charge in [-0.1, -0.05) is 0 Å². The number of rotatable bonds is 3. The summed E-state index contributed by atoms with van der Waals surface area (Å²) < 4.78 is 32.2. The molecular formula is C22H25F2N5O3. The largest absolute Gasteiger partial charge is 0.444 e. The number of hydrogen-bond acceptors (Lipinski definition) is 6. The lowest BCUT2D eigenvalue weighted by molar-refractivity contribution is 0.0282. The topological polar surface area (TPSA) is 87.7 Å². The first kappa shape index (κ1) is 21.9. The molecule has 170 valence electrons. The molecule has 1 aromatic heterocycles. The molecule has 32 heavy (non-hydrogen) atoms. The SMILES string of the molecule is CC(C)(C)OC(=O)N1C[C@@H]2CN(c3cncc(C(=O)Nc4cc(F)cc(F)c4)n3)C[C@@H]2C1. The number of carbonyl (C=O) groups excluding carboxylic acids is 2. The fourth-order valence-corrected chi connectivity index (χ4v) is 4.09. The number of anilines is 2. The van der Waals surface area contributed by atoms with Gasteiger partial charge in [-0.2, -0.15) is 0 Å². The van der Waals surface area contributed by atoms with E-state index >= 15 is 0 Å². The van der Waals surface area contributed by atoms with Crippen LogP contribution >= 0.6 is 0 Å². The summed E-state index contributed by atoms with van der Waals surface area (Å²) in [5, 5.41) is 2.44. The molecule has 4 rings (SSSR count). The molecule has 8 nitrogen and oxygen atoms in total. The Kier molecular flexibility index (Phi) is 5.70. The van der Waals surface area contributed by atoms with Crippen LogP contribution in [0.3, 0.4) is 0 Å². The van der Waals surface area contributed by atoms with Crippen LogP contribution in [0.4, 0.5) is 25.1 Å². The molecular weight excluding hydrogens is 420 g/mol. The monoisotopic (exact) mass is 445 g/mol. The van der Waals surface area contributed by atoms with E-state index in [1.54, 1.807) is 11.1 Å². The first-order valence-corrected chi connectivity index (χ1v) is 10.4. The summed E-state index contributed by atoms with van der Waals surface area (Å²) in [6.07, 6.45) is 2.58. The van der Waals surface area contributed by atoms with Crippen LogP contribution in [-0.4, -0.2) is 58.6 Å². The molecule has 0 unspecified atom stereocenters. The number of carbonyl (C=O) groups is 2. The number of likely N-dealkylation sites (tertiary alicyclic amines) is 1. The molecule has 1 aromatic carbocycles. The molecule has 0 spiro atoms. The molecule has 2 aromatic rings. The van der Waals surface area contributed by atoms with Gasteiger partial charge in [0.25, 0.3) is 5.91 Å². The van der Waals surface area contributed by atoms with Crippen LogP contribution in [0, 0.1) is 23.5 Å². The van der Waals surface area contributed by atoms with Gasteiger partial charge in [0.15, 0.2) is 0 Å². The molecule has 2 aliphatic rings. The lowest BCUT2D eigenvalue weighted by Crippen LogP contribution is -2.37. The standard InChI is InChI=1S/C22H25F2N5O3/c1-22(2,3)32-21(31)29-11-13-9-28(10-14(13)12-29)19-8-25-7-18(27-19)20(30)26-17-5-15(23)4-16(24)6-17/h4-8,13-14H,9-12H2,1-3H3,(H,26,30)/t13-,14+.